The van der Waals surface area contributed by atoms with Gasteiger partial charge in [0.1, 0.15) is 12.3 Å². The second kappa shape index (κ2) is 10.9. The number of terminal acetylenes is 1. The Morgan fingerprint density at radius 1 is 1.31 bits per heavy atom. The Balaban J connectivity index is 2.36. The first-order valence-corrected chi connectivity index (χ1v) is 9.32. The van der Waals surface area contributed by atoms with E-state index >= 15 is 0 Å². The summed E-state index contributed by atoms with van der Waals surface area (Å²) < 4.78 is 49.7. The standard InChI is InChI=1S/C22H20F3N3O4/c1-4-7-16-11-15(12-20(31-6-3)21(16)32-10-5-2)14-26-27-18-9-8-17(22(23,24)25)13-19(18)28(29)30/h2,4,8-9,11-14,27H,1,6-7,10H2,3H3/b26-14-. The van der Waals surface area contributed by atoms with Crippen molar-refractivity contribution in [1.82, 2.24) is 0 Å². The van der Waals surface area contributed by atoms with Gasteiger partial charge < -0.3 is 9.47 Å². The van der Waals surface area contributed by atoms with E-state index in [1.807, 2.05) is 0 Å². The lowest BCUT2D eigenvalue weighted by atomic mass is 10.1. The van der Waals surface area contributed by atoms with Crippen LogP contribution >= 0.6 is 0 Å². The van der Waals surface area contributed by atoms with E-state index in [-0.39, 0.29) is 12.3 Å². The average Bonchev–Trinajstić information content (AvgIpc) is 2.73. The molecule has 0 bridgehead atoms. The maximum atomic E-state index is 12.8. The van der Waals surface area contributed by atoms with E-state index in [9.17, 15) is 23.3 Å². The number of hydrogen-bond donors (Lipinski definition) is 1. The van der Waals surface area contributed by atoms with E-state index in [0.29, 0.717) is 36.2 Å². The molecule has 7 nitrogen and oxygen atoms in total. The molecule has 0 aliphatic heterocycles. The van der Waals surface area contributed by atoms with Crippen LogP contribution in [0.3, 0.4) is 0 Å². The Morgan fingerprint density at radius 3 is 2.66 bits per heavy atom. The Kier molecular flexibility index (Phi) is 8.24. The summed E-state index contributed by atoms with van der Waals surface area (Å²) in [5.74, 6) is 3.27. The van der Waals surface area contributed by atoms with E-state index in [1.54, 1.807) is 25.1 Å². The number of nitro benzene ring substituents is 1. The Morgan fingerprint density at radius 2 is 2.06 bits per heavy atom. The van der Waals surface area contributed by atoms with Gasteiger partial charge in [-0.25, -0.2) is 0 Å². The fourth-order valence-corrected chi connectivity index (χ4v) is 2.74. The Labute approximate surface area is 182 Å². The number of ether oxygens (including phenoxy) is 2. The van der Waals surface area contributed by atoms with Crippen molar-refractivity contribution < 1.29 is 27.6 Å². The minimum Gasteiger partial charge on any atom is -0.490 e. The molecule has 0 saturated heterocycles. The third kappa shape index (κ3) is 6.25. The lowest BCUT2D eigenvalue weighted by Crippen LogP contribution is -2.07. The number of nitrogens with zero attached hydrogens (tertiary/aromatic N) is 2. The number of halogens is 3. The molecule has 0 spiro atoms. The van der Waals surface area contributed by atoms with Crippen LogP contribution in [0.5, 0.6) is 11.5 Å². The van der Waals surface area contributed by atoms with Crippen LogP contribution in [0, 0.1) is 22.5 Å². The summed E-state index contributed by atoms with van der Waals surface area (Å²) in [6, 6.07) is 5.50. The van der Waals surface area contributed by atoms with Crippen molar-refractivity contribution in [2.45, 2.75) is 19.5 Å². The molecule has 0 fully saturated rings. The summed E-state index contributed by atoms with van der Waals surface area (Å²) in [6.45, 7) is 5.90. The summed E-state index contributed by atoms with van der Waals surface area (Å²) in [4.78, 5) is 10.3. The van der Waals surface area contributed by atoms with Crippen molar-refractivity contribution in [2.75, 3.05) is 18.6 Å². The van der Waals surface area contributed by atoms with Crippen LogP contribution in [0.15, 0.2) is 48.1 Å². The van der Waals surface area contributed by atoms with Crippen LogP contribution in [0.4, 0.5) is 24.5 Å². The van der Waals surface area contributed by atoms with Gasteiger partial charge in [0.15, 0.2) is 11.5 Å². The number of nitro groups is 1. The number of hydrogen-bond acceptors (Lipinski definition) is 6. The SMILES string of the molecule is C#CCOc1c(CC=C)cc(/C=N\Nc2ccc(C(F)(F)F)cc2[N+](=O)[O-])cc1OCC. The van der Waals surface area contributed by atoms with Crippen LogP contribution in [0.25, 0.3) is 0 Å². The molecule has 32 heavy (non-hydrogen) atoms. The fraction of sp³-hybridized carbons (Fsp3) is 0.227. The second-order valence-corrected chi connectivity index (χ2v) is 6.28. The lowest BCUT2D eigenvalue weighted by Gasteiger charge is -2.15. The third-order valence-corrected chi connectivity index (χ3v) is 4.04. The molecular weight excluding hydrogens is 427 g/mol. The number of rotatable bonds is 10. The minimum atomic E-state index is -4.70. The smallest absolute Gasteiger partial charge is 0.416 e. The molecule has 0 saturated carbocycles. The molecule has 0 heterocycles. The molecule has 0 atom stereocenters. The molecule has 0 amide bonds. The molecule has 0 radical (unpaired) electrons. The first kappa shape index (κ1) is 24.3. The number of alkyl halides is 3. The minimum absolute atomic E-state index is 0.0385. The predicted molar refractivity (Wildman–Crippen MR) is 115 cm³/mol. The van der Waals surface area contributed by atoms with Crippen molar-refractivity contribution in [2.24, 2.45) is 5.10 Å². The highest BCUT2D eigenvalue weighted by molar-refractivity contribution is 5.82. The maximum absolute atomic E-state index is 12.8. The number of allylic oxidation sites excluding steroid dienone is 1. The van der Waals surface area contributed by atoms with E-state index in [2.05, 4.69) is 23.0 Å². The second-order valence-electron chi connectivity index (χ2n) is 6.28. The van der Waals surface area contributed by atoms with Gasteiger partial charge in [-0.2, -0.15) is 18.3 Å². The van der Waals surface area contributed by atoms with Gasteiger partial charge in [0.05, 0.1) is 23.3 Å². The summed E-state index contributed by atoms with van der Waals surface area (Å²) in [6.07, 6.45) is 4.02. The van der Waals surface area contributed by atoms with Gasteiger partial charge in [0.25, 0.3) is 5.69 Å². The monoisotopic (exact) mass is 447 g/mol. The van der Waals surface area contributed by atoms with Crippen LogP contribution < -0.4 is 14.9 Å². The summed E-state index contributed by atoms with van der Waals surface area (Å²) in [5, 5.41) is 15.1. The van der Waals surface area contributed by atoms with Crippen LogP contribution in [0.2, 0.25) is 0 Å². The van der Waals surface area contributed by atoms with Crippen LogP contribution in [-0.2, 0) is 12.6 Å². The van der Waals surface area contributed by atoms with E-state index in [1.165, 1.54) is 6.21 Å². The first-order chi connectivity index (χ1) is 15.2. The fourth-order valence-electron chi connectivity index (χ4n) is 2.74. The van der Waals surface area contributed by atoms with Gasteiger partial charge in [-0.3, -0.25) is 15.5 Å². The number of anilines is 1. The highest BCUT2D eigenvalue weighted by Crippen LogP contribution is 2.35. The molecule has 0 unspecified atom stereocenters. The lowest BCUT2D eigenvalue weighted by molar-refractivity contribution is -0.384. The topological polar surface area (TPSA) is 86.0 Å². The zero-order valence-corrected chi connectivity index (χ0v) is 17.1. The third-order valence-electron chi connectivity index (χ3n) is 4.04. The van der Waals surface area contributed by atoms with Gasteiger partial charge in [-0.1, -0.05) is 12.0 Å². The summed E-state index contributed by atoms with van der Waals surface area (Å²) in [5.41, 5.74) is 1.63. The number of hydrazone groups is 1. The van der Waals surface area contributed by atoms with E-state index in [4.69, 9.17) is 15.9 Å². The van der Waals surface area contributed by atoms with Crippen LogP contribution in [0.1, 0.15) is 23.6 Å². The largest absolute Gasteiger partial charge is 0.490 e. The molecule has 1 N–H and O–H groups in total. The van der Waals surface area contributed by atoms with Gasteiger partial charge in [0, 0.05) is 11.6 Å². The van der Waals surface area contributed by atoms with E-state index in [0.717, 1.165) is 17.7 Å². The number of benzene rings is 2. The maximum Gasteiger partial charge on any atom is 0.416 e. The van der Waals surface area contributed by atoms with Crippen molar-refractivity contribution in [3.05, 3.63) is 69.8 Å². The van der Waals surface area contributed by atoms with Gasteiger partial charge in [-0.05, 0) is 43.2 Å². The predicted octanol–water partition coefficient (Wildman–Crippen LogP) is 5.20. The highest BCUT2D eigenvalue weighted by Gasteiger charge is 2.33. The zero-order chi connectivity index (χ0) is 23.7. The van der Waals surface area contributed by atoms with E-state index < -0.39 is 22.4 Å². The molecule has 2 rings (SSSR count). The normalized spacial score (nSPS) is 11.1. The van der Waals surface area contributed by atoms with Crippen molar-refractivity contribution in [3.63, 3.8) is 0 Å². The van der Waals surface area contributed by atoms with Crippen molar-refractivity contribution in [1.29, 1.82) is 0 Å². The van der Waals surface area contributed by atoms with Crippen molar-refractivity contribution in [3.8, 4) is 23.8 Å². The zero-order valence-electron chi connectivity index (χ0n) is 17.1. The van der Waals surface area contributed by atoms with Gasteiger partial charge >= 0.3 is 6.18 Å². The number of nitrogens with one attached hydrogen (secondary N) is 1. The molecule has 10 heteroatoms. The Bertz CT molecular complexity index is 1060. The average molecular weight is 447 g/mol. The van der Waals surface area contributed by atoms with Crippen molar-refractivity contribution >= 4 is 17.6 Å². The molecular formula is C22H20F3N3O4. The summed E-state index contributed by atoms with van der Waals surface area (Å²) >= 11 is 0. The van der Waals surface area contributed by atoms with Crippen LogP contribution in [-0.4, -0.2) is 24.4 Å². The molecule has 0 aliphatic carbocycles. The molecule has 168 valence electrons. The molecule has 0 aliphatic rings. The Hall–Kier alpha value is -4.00. The first-order valence-electron chi connectivity index (χ1n) is 9.32. The molecule has 2 aromatic rings. The molecule has 0 aromatic heterocycles. The quantitative estimate of drug-likeness (QED) is 0.178. The summed E-state index contributed by atoms with van der Waals surface area (Å²) in [7, 11) is 0. The van der Waals surface area contributed by atoms with Gasteiger partial charge in [-0.15, -0.1) is 13.0 Å². The highest BCUT2D eigenvalue weighted by atomic mass is 19.4. The molecule has 2 aromatic carbocycles. The van der Waals surface area contributed by atoms with Gasteiger partial charge in [0.2, 0.25) is 0 Å².